The van der Waals surface area contributed by atoms with E-state index in [-0.39, 0.29) is 0 Å². The van der Waals surface area contributed by atoms with E-state index in [4.69, 9.17) is 5.73 Å². The highest BCUT2D eigenvalue weighted by atomic mass is 15.1. The Labute approximate surface area is 96.1 Å². The van der Waals surface area contributed by atoms with Crippen molar-refractivity contribution >= 4 is 5.84 Å². The summed E-state index contributed by atoms with van der Waals surface area (Å²) in [7, 11) is 0. The lowest BCUT2D eigenvalue weighted by molar-refractivity contribution is 1.00. The minimum absolute atomic E-state index is 0.593. The Bertz CT molecular complexity index is 446. The first kappa shape index (κ1) is 10.9. The van der Waals surface area contributed by atoms with Gasteiger partial charge in [0.1, 0.15) is 5.84 Å². The molecule has 0 aliphatic carbocycles. The average molecular weight is 215 g/mol. The van der Waals surface area contributed by atoms with Crippen molar-refractivity contribution in [2.45, 2.75) is 19.9 Å². The molecule has 1 heterocycles. The lowest BCUT2D eigenvalue weighted by Crippen LogP contribution is -2.18. The van der Waals surface area contributed by atoms with E-state index in [0.717, 1.165) is 23.5 Å². The Morgan fingerprint density at radius 3 is 2.81 bits per heavy atom. The van der Waals surface area contributed by atoms with Crippen LogP contribution in [-0.4, -0.2) is 12.4 Å². The number of nitrogens with two attached hydrogens (primary N) is 1. The summed E-state index contributed by atoms with van der Waals surface area (Å²) in [4.78, 5) is 4.39. The number of nitrogens with one attached hydrogen (secondary N) is 1. The summed E-state index contributed by atoms with van der Waals surface area (Å²) in [6, 6.07) is 6.30. The van der Waals surface area contributed by atoms with E-state index >= 15 is 0 Å². The Morgan fingerprint density at radius 1 is 1.44 bits per heavy atom. The van der Waals surface area contributed by atoms with Crippen LogP contribution in [0.4, 0.5) is 0 Å². The van der Waals surface area contributed by atoms with Gasteiger partial charge in [0.25, 0.3) is 0 Å². The molecule has 1 aliphatic rings. The molecule has 0 unspecified atom stereocenters. The van der Waals surface area contributed by atoms with Crippen molar-refractivity contribution in [3.63, 3.8) is 0 Å². The van der Waals surface area contributed by atoms with Gasteiger partial charge in [-0.15, -0.1) is 0 Å². The van der Waals surface area contributed by atoms with Gasteiger partial charge < -0.3 is 11.1 Å². The third-order valence-corrected chi connectivity index (χ3v) is 2.80. The quantitative estimate of drug-likeness (QED) is 0.804. The minimum atomic E-state index is 0.593. The van der Waals surface area contributed by atoms with E-state index in [1.54, 1.807) is 0 Å². The maximum atomic E-state index is 5.69. The van der Waals surface area contributed by atoms with Crippen molar-refractivity contribution in [1.82, 2.24) is 5.32 Å². The summed E-state index contributed by atoms with van der Waals surface area (Å²) >= 11 is 0. The van der Waals surface area contributed by atoms with Crippen molar-refractivity contribution in [1.29, 1.82) is 0 Å². The number of hydrogen-bond acceptors (Lipinski definition) is 3. The maximum absolute atomic E-state index is 5.69. The zero-order chi connectivity index (χ0) is 11.5. The lowest BCUT2D eigenvalue weighted by Gasteiger charge is -2.09. The summed E-state index contributed by atoms with van der Waals surface area (Å²) in [5.41, 5.74) is 10.3. The van der Waals surface area contributed by atoms with Gasteiger partial charge >= 0.3 is 0 Å². The maximum Gasteiger partial charge on any atom is 0.132 e. The standard InChI is InChI=1S/C13H17N3/c1-3-10-6-11(4-5-12(10)7-14)13-15-8-9(2)16-13/h4-6H,2-3,7-8,14H2,1H3,(H,15,16). The van der Waals surface area contributed by atoms with E-state index in [9.17, 15) is 0 Å². The van der Waals surface area contributed by atoms with Gasteiger partial charge in [-0.05, 0) is 23.6 Å². The molecule has 3 heteroatoms. The molecule has 0 amide bonds. The molecule has 1 aliphatic heterocycles. The van der Waals surface area contributed by atoms with Gasteiger partial charge in [0.2, 0.25) is 0 Å². The highest BCUT2D eigenvalue weighted by molar-refractivity contribution is 6.01. The number of benzene rings is 1. The highest BCUT2D eigenvalue weighted by Gasteiger charge is 2.11. The summed E-state index contributed by atoms with van der Waals surface area (Å²) in [6.07, 6.45) is 0.995. The predicted molar refractivity (Wildman–Crippen MR) is 67.4 cm³/mol. The van der Waals surface area contributed by atoms with Gasteiger partial charge in [0.05, 0.1) is 6.54 Å². The van der Waals surface area contributed by atoms with Crippen LogP contribution >= 0.6 is 0 Å². The van der Waals surface area contributed by atoms with E-state index in [0.29, 0.717) is 13.1 Å². The van der Waals surface area contributed by atoms with Gasteiger partial charge in [0, 0.05) is 17.8 Å². The second-order valence-electron chi connectivity index (χ2n) is 3.93. The SMILES string of the molecule is C=C1CN=C(c2ccc(CN)c(CC)c2)N1. The molecular formula is C13H17N3. The van der Waals surface area contributed by atoms with Crippen LogP contribution < -0.4 is 11.1 Å². The number of aliphatic imine (C=N–C) groups is 1. The Balaban J connectivity index is 2.33. The van der Waals surface area contributed by atoms with Crippen LogP contribution in [0.5, 0.6) is 0 Å². The Kier molecular flexibility index (Phi) is 3.06. The first-order chi connectivity index (χ1) is 7.74. The third kappa shape index (κ3) is 1.99. The van der Waals surface area contributed by atoms with E-state index in [1.807, 2.05) is 0 Å². The number of hydrogen-bond donors (Lipinski definition) is 2. The smallest absolute Gasteiger partial charge is 0.132 e. The van der Waals surface area contributed by atoms with Crippen LogP contribution in [0.2, 0.25) is 0 Å². The minimum Gasteiger partial charge on any atom is -0.342 e. The molecule has 1 aromatic rings. The molecule has 0 bridgehead atoms. The molecule has 3 N–H and O–H groups in total. The molecular weight excluding hydrogens is 198 g/mol. The van der Waals surface area contributed by atoms with Crippen LogP contribution in [-0.2, 0) is 13.0 Å². The number of aryl methyl sites for hydroxylation is 1. The third-order valence-electron chi connectivity index (χ3n) is 2.80. The molecule has 2 rings (SSSR count). The predicted octanol–water partition coefficient (Wildman–Crippen LogP) is 1.57. The Morgan fingerprint density at radius 2 is 2.25 bits per heavy atom. The van der Waals surface area contributed by atoms with E-state index < -0.39 is 0 Å². The molecule has 1 aromatic carbocycles. The number of amidine groups is 1. The second kappa shape index (κ2) is 4.49. The monoisotopic (exact) mass is 215 g/mol. The van der Waals surface area contributed by atoms with Crippen molar-refractivity contribution in [2.75, 3.05) is 6.54 Å². The number of rotatable bonds is 3. The summed E-state index contributed by atoms with van der Waals surface area (Å²) in [5.74, 6) is 0.920. The fourth-order valence-corrected chi connectivity index (χ4v) is 1.89. The van der Waals surface area contributed by atoms with Crippen molar-refractivity contribution < 1.29 is 0 Å². The molecule has 3 nitrogen and oxygen atoms in total. The van der Waals surface area contributed by atoms with Crippen molar-refractivity contribution in [2.24, 2.45) is 10.7 Å². The fraction of sp³-hybridized carbons (Fsp3) is 0.308. The Hall–Kier alpha value is -1.61. The zero-order valence-corrected chi connectivity index (χ0v) is 9.59. The first-order valence-electron chi connectivity index (χ1n) is 5.56. The second-order valence-corrected chi connectivity index (χ2v) is 3.93. The molecule has 0 radical (unpaired) electrons. The van der Waals surface area contributed by atoms with Crippen LogP contribution in [0.3, 0.4) is 0 Å². The summed E-state index contributed by atoms with van der Waals surface area (Å²) < 4.78 is 0. The first-order valence-corrected chi connectivity index (χ1v) is 5.56. The summed E-state index contributed by atoms with van der Waals surface area (Å²) in [5, 5.41) is 3.18. The molecule has 0 atom stereocenters. The largest absolute Gasteiger partial charge is 0.342 e. The van der Waals surface area contributed by atoms with Crippen molar-refractivity contribution in [3.8, 4) is 0 Å². The molecule has 16 heavy (non-hydrogen) atoms. The van der Waals surface area contributed by atoms with Crippen LogP contribution in [0, 0.1) is 0 Å². The molecule has 0 spiro atoms. The van der Waals surface area contributed by atoms with Gasteiger partial charge in [-0.3, -0.25) is 4.99 Å². The number of nitrogens with zero attached hydrogens (tertiary/aromatic N) is 1. The molecule has 0 aromatic heterocycles. The van der Waals surface area contributed by atoms with Gasteiger partial charge in [-0.1, -0.05) is 25.6 Å². The zero-order valence-electron chi connectivity index (χ0n) is 9.59. The molecule has 84 valence electrons. The molecule has 0 saturated carbocycles. The normalized spacial score (nSPS) is 14.9. The summed E-state index contributed by atoms with van der Waals surface area (Å²) in [6.45, 7) is 7.27. The molecule has 0 fully saturated rings. The fourth-order valence-electron chi connectivity index (χ4n) is 1.89. The average Bonchev–Trinajstić information content (AvgIpc) is 2.75. The van der Waals surface area contributed by atoms with E-state index in [2.05, 4.69) is 42.0 Å². The lowest BCUT2D eigenvalue weighted by atomic mass is 10.0. The van der Waals surface area contributed by atoms with Crippen LogP contribution in [0.25, 0.3) is 0 Å². The topological polar surface area (TPSA) is 50.4 Å². The molecule has 0 saturated heterocycles. The van der Waals surface area contributed by atoms with Crippen LogP contribution in [0.1, 0.15) is 23.6 Å². The van der Waals surface area contributed by atoms with E-state index in [1.165, 1.54) is 11.1 Å². The van der Waals surface area contributed by atoms with Crippen LogP contribution in [0.15, 0.2) is 35.5 Å². The van der Waals surface area contributed by atoms with Crippen molar-refractivity contribution in [3.05, 3.63) is 47.2 Å². The highest BCUT2D eigenvalue weighted by Crippen LogP contribution is 2.15. The van der Waals surface area contributed by atoms with Gasteiger partial charge in [-0.2, -0.15) is 0 Å². The van der Waals surface area contributed by atoms with Gasteiger partial charge in [0.15, 0.2) is 0 Å². The van der Waals surface area contributed by atoms with Gasteiger partial charge in [-0.25, -0.2) is 0 Å².